The summed E-state index contributed by atoms with van der Waals surface area (Å²) in [6, 6.07) is 9.93. The van der Waals surface area contributed by atoms with Gasteiger partial charge in [0.25, 0.3) is 5.91 Å². The molecule has 202 valence electrons. The summed E-state index contributed by atoms with van der Waals surface area (Å²) in [5.41, 5.74) is 1.81. The van der Waals surface area contributed by atoms with E-state index in [0.29, 0.717) is 55.2 Å². The van der Waals surface area contributed by atoms with Gasteiger partial charge in [0.15, 0.2) is 0 Å². The lowest BCUT2D eigenvalue weighted by Gasteiger charge is -2.37. The molecule has 0 saturated carbocycles. The van der Waals surface area contributed by atoms with Crippen molar-refractivity contribution < 1.29 is 22.4 Å². The lowest BCUT2D eigenvalue weighted by atomic mass is 10.1. The molecule has 2 aliphatic heterocycles. The van der Waals surface area contributed by atoms with E-state index in [0.717, 1.165) is 31.5 Å². The Kier molecular flexibility index (Phi) is 9.28. The molecule has 0 aliphatic carbocycles. The first kappa shape index (κ1) is 27.6. The SMILES string of the molecule is O=C(Nc1ccc(Cl)cc1N1CCN(CCC(F)(F)F)CC1)c1ccc(CNC2CCCNC2)cc1F. The lowest BCUT2D eigenvalue weighted by Crippen LogP contribution is -2.47. The molecular weight excluding hydrogens is 510 g/mol. The Morgan fingerprint density at radius 3 is 2.57 bits per heavy atom. The first-order chi connectivity index (χ1) is 17.7. The Bertz CT molecular complexity index is 1070. The number of piperazine rings is 1. The summed E-state index contributed by atoms with van der Waals surface area (Å²) in [7, 11) is 0. The molecule has 1 atom stereocenters. The second-order valence-electron chi connectivity index (χ2n) is 9.55. The van der Waals surface area contributed by atoms with Gasteiger partial charge >= 0.3 is 6.18 Å². The third kappa shape index (κ3) is 8.04. The number of rotatable bonds is 8. The van der Waals surface area contributed by atoms with Crippen LogP contribution in [0.25, 0.3) is 0 Å². The highest BCUT2D eigenvalue weighted by Crippen LogP contribution is 2.31. The van der Waals surface area contributed by atoms with Crippen LogP contribution in [0.15, 0.2) is 36.4 Å². The Labute approximate surface area is 219 Å². The van der Waals surface area contributed by atoms with Crippen molar-refractivity contribution in [3.8, 4) is 0 Å². The van der Waals surface area contributed by atoms with Crippen LogP contribution in [0, 0.1) is 5.82 Å². The van der Waals surface area contributed by atoms with Gasteiger partial charge in [-0.1, -0.05) is 17.7 Å². The van der Waals surface area contributed by atoms with E-state index in [4.69, 9.17) is 11.6 Å². The number of alkyl halides is 3. The van der Waals surface area contributed by atoms with Crippen LogP contribution >= 0.6 is 11.6 Å². The predicted molar refractivity (Wildman–Crippen MR) is 138 cm³/mol. The number of anilines is 2. The number of amides is 1. The molecule has 1 amide bonds. The molecule has 2 aliphatic rings. The van der Waals surface area contributed by atoms with Crippen molar-refractivity contribution in [1.82, 2.24) is 15.5 Å². The minimum Gasteiger partial charge on any atom is -0.367 e. The van der Waals surface area contributed by atoms with Crippen LogP contribution in [0.3, 0.4) is 0 Å². The second-order valence-corrected chi connectivity index (χ2v) is 9.98. The van der Waals surface area contributed by atoms with Crippen LogP contribution in [-0.4, -0.2) is 68.8 Å². The molecule has 2 aromatic rings. The molecule has 2 aromatic carbocycles. The van der Waals surface area contributed by atoms with Crippen LogP contribution in [0.1, 0.15) is 35.2 Å². The van der Waals surface area contributed by atoms with Crippen LogP contribution in [0.5, 0.6) is 0 Å². The van der Waals surface area contributed by atoms with E-state index in [2.05, 4.69) is 16.0 Å². The highest BCUT2D eigenvalue weighted by atomic mass is 35.5. The van der Waals surface area contributed by atoms with Gasteiger partial charge in [-0.2, -0.15) is 13.2 Å². The average Bonchev–Trinajstić information content (AvgIpc) is 2.88. The molecule has 0 aromatic heterocycles. The maximum absolute atomic E-state index is 14.9. The zero-order valence-electron chi connectivity index (χ0n) is 20.5. The minimum absolute atomic E-state index is 0.0428. The summed E-state index contributed by atoms with van der Waals surface area (Å²) >= 11 is 6.20. The van der Waals surface area contributed by atoms with Gasteiger partial charge in [0.05, 0.1) is 23.4 Å². The fourth-order valence-electron chi connectivity index (χ4n) is 4.70. The topological polar surface area (TPSA) is 59.6 Å². The average molecular weight is 542 g/mol. The van der Waals surface area contributed by atoms with E-state index < -0.39 is 24.3 Å². The van der Waals surface area contributed by atoms with E-state index in [9.17, 15) is 22.4 Å². The standard InChI is InChI=1S/C26H32ClF4N5O/c27-19-4-6-23(24(15-19)36-12-10-35(11-13-36)9-7-26(29,30)31)34-25(37)21-5-3-18(14-22(21)28)16-33-20-2-1-8-32-17-20/h3-6,14-15,20,32-33H,1-2,7-13,16-17H2,(H,34,37). The molecule has 4 rings (SSSR count). The number of nitrogens with one attached hydrogen (secondary N) is 3. The molecule has 37 heavy (non-hydrogen) atoms. The molecule has 11 heteroatoms. The molecule has 6 nitrogen and oxygen atoms in total. The molecule has 0 spiro atoms. The van der Waals surface area contributed by atoms with E-state index in [-0.39, 0.29) is 12.1 Å². The number of hydrogen-bond donors (Lipinski definition) is 3. The monoisotopic (exact) mass is 541 g/mol. The smallest absolute Gasteiger partial charge is 0.367 e. The lowest BCUT2D eigenvalue weighted by molar-refractivity contribution is -0.138. The number of carbonyl (C=O) groups is 1. The van der Waals surface area contributed by atoms with Crippen molar-refractivity contribution >= 4 is 28.9 Å². The van der Waals surface area contributed by atoms with Crippen molar-refractivity contribution in [3.05, 3.63) is 58.4 Å². The Hall–Kier alpha value is -2.40. The number of carbonyl (C=O) groups excluding carboxylic acids is 1. The van der Waals surface area contributed by atoms with Gasteiger partial charge in [0, 0.05) is 56.9 Å². The molecule has 3 N–H and O–H groups in total. The third-order valence-corrected chi connectivity index (χ3v) is 7.04. The van der Waals surface area contributed by atoms with Crippen LogP contribution in [-0.2, 0) is 6.54 Å². The van der Waals surface area contributed by atoms with Gasteiger partial charge in [-0.25, -0.2) is 4.39 Å². The molecule has 1 unspecified atom stereocenters. The number of benzene rings is 2. The van der Waals surface area contributed by atoms with Crippen molar-refractivity contribution in [2.45, 2.75) is 38.0 Å². The summed E-state index contributed by atoms with van der Waals surface area (Å²) in [4.78, 5) is 16.7. The quantitative estimate of drug-likeness (QED) is 0.425. The zero-order valence-corrected chi connectivity index (χ0v) is 21.3. The number of piperidine rings is 1. The van der Waals surface area contributed by atoms with Crippen LogP contribution in [0.4, 0.5) is 28.9 Å². The molecular formula is C26H32ClF4N5O. The van der Waals surface area contributed by atoms with Crippen molar-refractivity contribution in [1.29, 1.82) is 0 Å². The van der Waals surface area contributed by atoms with Crippen molar-refractivity contribution in [2.24, 2.45) is 0 Å². The van der Waals surface area contributed by atoms with Crippen LogP contribution in [0.2, 0.25) is 5.02 Å². The highest BCUT2D eigenvalue weighted by molar-refractivity contribution is 6.31. The Morgan fingerprint density at radius 2 is 1.89 bits per heavy atom. The van der Waals surface area contributed by atoms with Gasteiger partial charge in [-0.15, -0.1) is 0 Å². The number of hydrogen-bond acceptors (Lipinski definition) is 5. The maximum Gasteiger partial charge on any atom is 0.390 e. The summed E-state index contributed by atoms with van der Waals surface area (Å²) in [6.45, 7) is 4.24. The maximum atomic E-state index is 14.9. The minimum atomic E-state index is -4.18. The van der Waals surface area contributed by atoms with Crippen molar-refractivity contribution in [3.63, 3.8) is 0 Å². The van der Waals surface area contributed by atoms with Gasteiger partial charge in [-0.3, -0.25) is 9.69 Å². The van der Waals surface area contributed by atoms with Gasteiger partial charge in [0.1, 0.15) is 5.82 Å². The van der Waals surface area contributed by atoms with E-state index >= 15 is 0 Å². The summed E-state index contributed by atoms with van der Waals surface area (Å²) in [5, 5.41) is 9.99. The fourth-order valence-corrected chi connectivity index (χ4v) is 4.87. The predicted octanol–water partition coefficient (Wildman–Crippen LogP) is 4.65. The number of halogens is 5. The zero-order chi connectivity index (χ0) is 26.4. The fraction of sp³-hybridized carbons (Fsp3) is 0.500. The molecule has 2 fully saturated rings. The Balaban J connectivity index is 1.38. The van der Waals surface area contributed by atoms with E-state index in [1.54, 1.807) is 29.2 Å². The molecule has 0 bridgehead atoms. The Morgan fingerprint density at radius 1 is 1.11 bits per heavy atom. The van der Waals surface area contributed by atoms with E-state index in [1.807, 2.05) is 4.90 Å². The first-order valence-corrected chi connectivity index (χ1v) is 12.9. The summed E-state index contributed by atoms with van der Waals surface area (Å²) < 4.78 is 52.5. The first-order valence-electron chi connectivity index (χ1n) is 12.6. The number of nitrogens with zero attached hydrogens (tertiary/aromatic N) is 2. The second kappa shape index (κ2) is 12.4. The van der Waals surface area contributed by atoms with E-state index in [1.165, 1.54) is 12.1 Å². The highest BCUT2D eigenvalue weighted by Gasteiger charge is 2.29. The van der Waals surface area contributed by atoms with Crippen LogP contribution < -0.4 is 20.9 Å². The van der Waals surface area contributed by atoms with Gasteiger partial charge in [-0.05, 0) is 55.3 Å². The van der Waals surface area contributed by atoms with Gasteiger partial charge in [0.2, 0.25) is 0 Å². The van der Waals surface area contributed by atoms with Gasteiger partial charge < -0.3 is 20.9 Å². The normalized spacial score (nSPS) is 19.2. The summed E-state index contributed by atoms with van der Waals surface area (Å²) in [6.07, 6.45) is -2.85. The molecule has 0 radical (unpaired) electrons. The molecule has 2 saturated heterocycles. The molecule has 2 heterocycles. The summed E-state index contributed by atoms with van der Waals surface area (Å²) in [5.74, 6) is -1.19. The van der Waals surface area contributed by atoms with Crippen molar-refractivity contribution in [2.75, 3.05) is 56.0 Å². The largest absolute Gasteiger partial charge is 0.390 e. The third-order valence-electron chi connectivity index (χ3n) is 6.80.